The quantitative estimate of drug-likeness (QED) is 0.432. The van der Waals surface area contributed by atoms with Crippen molar-refractivity contribution in [2.24, 2.45) is 0 Å². The van der Waals surface area contributed by atoms with Gasteiger partial charge in [0.2, 0.25) is 5.91 Å². The van der Waals surface area contributed by atoms with E-state index in [4.69, 9.17) is 12.2 Å². The van der Waals surface area contributed by atoms with Crippen molar-refractivity contribution in [3.8, 4) is 0 Å². The number of anilines is 2. The number of carbonyl (C=O) groups excluding carboxylic acids is 3. The molecule has 0 heterocycles. The van der Waals surface area contributed by atoms with Gasteiger partial charge in [-0.1, -0.05) is 24.3 Å². The molecule has 0 fully saturated rings. The maximum atomic E-state index is 12.7. The van der Waals surface area contributed by atoms with Crippen LogP contribution < -0.4 is 15.5 Å². The highest BCUT2D eigenvalue weighted by Gasteiger charge is 2.14. The van der Waals surface area contributed by atoms with Gasteiger partial charge in [-0.2, -0.15) is 0 Å². The first-order chi connectivity index (χ1) is 13.9. The Labute approximate surface area is 174 Å². The molecule has 2 amide bonds. The van der Waals surface area contributed by atoms with Gasteiger partial charge in [-0.3, -0.25) is 14.9 Å². The van der Waals surface area contributed by atoms with E-state index in [1.807, 2.05) is 30.3 Å². The van der Waals surface area contributed by atoms with Crippen molar-refractivity contribution in [1.82, 2.24) is 5.32 Å². The van der Waals surface area contributed by atoms with E-state index < -0.39 is 11.9 Å². The molecule has 0 spiro atoms. The van der Waals surface area contributed by atoms with Crippen molar-refractivity contribution >= 4 is 46.5 Å². The number of nitrogens with zero attached hydrogens (tertiary/aromatic N) is 1. The molecule has 0 aromatic heterocycles. The van der Waals surface area contributed by atoms with Crippen molar-refractivity contribution in [1.29, 1.82) is 0 Å². The third kappa shape index (κ3) is 6.86. The Kier molecular flexibility index (Phi) is 8.05. The number of carbonyl (C=O) groups is 3. The largest absolute Gasteiger partial charge is 0.463 e. The summed E-state index contributed by atoms with van der Waals surface area (Å²) < 4.78 is 4.69. The summed E-state index contributed by atoms with van der Waals surface area (Å²) in [5, 5.41) is 5.28. The van der Waals surface area contributed by atoms with Gasteiger partial charge < -0.3 is 15.0 Å². The van der Waals surface area contributed by atoms with Gasteiger partial charge in [0, 0.05) is 36.1 Å². The number of amides is 2. The third-order valence-electron chi connectivity index (χ3n) is 3.71. The average molecular weight is 411 g/mol. The van der Waals surface area contributed by atoms with Crippen LogP contribution in [0.1, 0.15) is 17.3 Å². The molecule has 2 N–H and O–H groups in total. The van der Waals surface area contributed by atoms with Crippen molar-refractivity contribution in [3.05, 3.63) is 72.3 Å². The third-order valence-corrected chi connectivity index (χ3v) is 3.91. The Bertz CT molecular complexity index is 929. The molecule has 2 aromatic rings. The number of rotatable bonds is 6. The van der Waals surface area contributed by atoms with E-state index in [0.29, 0.717) is 11.3 Å². The summed E-state index contributed by atoms with van der Waals surface area (Å²) >= 11 is 5.09. The summed E-state index contributed by atoms with van der Waals surface area (Å²) in [7, 11) is 1.69. The van der Waals surface area contributed by atoms with Crippen LogP contribution >= 0.6 is 12.2 Å². The molecule has 0 aliphatic rings. The number of ether oxygens (including phenoxy) is 1. The van der Waals surface area contributed by atoms with E-state index in [9.17, 15) is 14.4 Å². The molecular formula is C21H21N3O4S. The predicted molar refractivity (Wildman–Crippen MR) is 116 cm³/mol. The van der Waals surface area contributed by atoms with Gasteiger partial charge in [0.05, 0.1) is 6.61 Å². The summed E-state index contributed by atoms with van der Waals surface area (Å²) in [6.07, 6.45) is 2.04. The Morgan fingerprint density at radius 2 is 1.79 bits per heavy atom. The van der Waals surface area contributed by atoms with Gasteiger partial charge in [0.25, 0.3) is 5.91 Å². The van der Waals surface area contributed by atoms with Gasteiger partial charge in [-0.15, -0.1) is 0 Å². The van der Waals surface area contributed by atoms with Gasteiger partial charge in [-0.05, 0) is 49.5 Å². The molecule has 150 valence electrons. The van der Waals surface area contributed by atoms with E-state index in [0.717, 1.165) is 17.8 Å². The number of hydrogen-bond acceptors (Lipinski definition) is 5. The molecular weight excluding hydrogens is 390 g/mol. The number of nitrogens with one attached hydrogen (secondary N) is 2. The number of benzene rings is 2. The minimum atomic E-state index is -0.615. The van der Waals surface area contributed by atoms with Gasteiger partial charge >= 0.3 is 5.97 Å². The lowest BCUT2D eigenvalue weighted by molar-refractivity contribution is -0.137. The number of esters is 1. The molecule has 2 aromatic carbocycles. The molecule has 0 bridgehead atoms. The molecule has 0 atom stereocenters. The number of para-hydroxylation sites is 1. The Balaban J connectivity index is 1.98. The van der Waals surface area contributed by atoms with E-state index in [-0.39, 0.29) is 17.6 Å². The highest BCUT2D eigenvalue weighted by Crippen LogP contribution is 2.17. The number of thiocarbonyl (C=S) groups is 1. The zero-order valence-corrected chi connectivity index (χ0v) is 16.9. The lowest BCUT2D eigenvalue weighted by Crippen LogP contribution is -2.33. The van der Waals surface area contributed by atoms with E-state index in [1.165, 1.54) is 0 Å². The maximum absolute atomic E-state index is 12.7. The average Bonchev–Trinajstić information content (AvgIpc) is 2.72. The summed E-state index contributed by atoms with van der Waals surface area (Å²) in [6, 6.07) is 16.0. The van der Waals surface area contributed by atoms with Crippen molar-refractivity contribution < 1.29 is 19.1 Å². The second-order valence-corrected chi connectivity index (χ2v) is 6.22. The summed E-state index contributed by atoms with van der Waals surface area (Å²) in [5.41, 5.74) is 1.77. The van der Waals surface area contributed by atoms with Gasteiger partial charge in [0.15, 0.2) is 5.11 Å². The molecule has 0 aliphatic heterocycles. The fraction of sp³-hybridized carbons (Fsp3) is 0.143. The smallest absolute Gasteiger partial charge is 0.330 e. The Morgan fingerprint density at radius 3 is 2.48 bits per heavy atom. The molecule has 0 aliphatic carbocycles. The van der Waals surface area contributed by atoms with Crippen LogP contribution in [0.5, 0.6) is 0 Å². The maximum Gasteiger partial charge on any atom is 0.330 e. The first kappa shape index (κ1) is 21.8. The summed E-state index contributed by atoms with van der Waals surface area (Å²) in [6.45, 7) is 1.89. The SMILES string of the molecule is CCOC(=O)/C=C/C(=O)NC(=S)Nc1cccc(C(=O)N(C)c2ccccc2)c1. The van der Waals surface area contributed by atoms with Gasteiger partial charge in [0.1, 0.15) is 0 Å². The topological polar surface area (TPSA) is 87.7 Å². The molecule has 7 nitrogen and oxygen atoms in total. The fourth-order valence-corrected chi connectivity index (χ4v) is 2.56. The van der Waals surface area contributed by atoms with Crippen LogP contribution in [-0.2, 0) is 14.3 Å². The minimum Gasteiger partial charge on any atom is -0.463 e. The first-order valence-corrected chi connectivity index (χ1v) is 9.21. The lowest BCUT2D eigenvalue weighted by atomic mass is 10.1. The van der Waals surface area contributed by atoms with Gasteiger partial charge in [-0.25, -0.2) is 4.79 Å². The second-order valence-electron chi connectivity index (χ2n) is 5.81. The van der Waals surface area contributed by atoms with Crippen LogP contribution in [0, 0.1) is 0 Å². The summed E-state index contributed by atoms with van der Waals surface area (Å²) in [5.74, 6) is -1.38. The van der Waals surface area contributed by atoms with Crippen LogP contribution in [0.2, 0.25) is 0 Å². The summed E-state index contributed by atoms with van der Waals surface area (Å²) in [4.78, 5) is 37.2. The normalized spacial score (nSPS) is 10.3. The fourth-order valence-electron chi connectivity index (χ4n) is 2.34. The zero-order chi connectivity index (χ0) is 21.2. The van der Waals surface area contributed by atoms with Crippen molar-refractivity contribution in [2.45, 2.75) is 6.92 Å². The molecule has 8 heteroatoms. The predicted octanol–water partition coefficient (Wildman–Crippen LogP) is 2.90. The number of hydrogen-bond donors (Lipinski definition) is 2. The Morgan fingerprint density at radius 1 is 1.07 bits per heavy atom. The van der Waals surface area contributed by atoms with Crippen molar-refractivity contribution in [2.75, 3.05) is 23.9 Å². The van der Waals surface area contributed by atoms with E-state index in [1.54, 1.807) is 43.1 Å². The van der Waals surface area contributed by atoms with Crippen LogP contribution in [0.3, 0.4) is 0 Å². The zero-order valence-electron chi connectivity index (χ0n) is 16.0. The van der Waals surface area contributed by atoms with E-state index >= 15 is 0 Å². The first-order valence-electron chi connectivity index (χ1n) is 8.80. The van der Waals surface area contributed by atoms with Crippen LogP contribution in [0.15, 0.2) is 66.7 Å². The molecule has 2 rings (SSSR count). The van der Waals surface area contributed by atoms with Crippen molar-refractivity contribution in [3.63, 3.8) is 0 Å². The molecule has 0 radical (unpaired) electrons. The van der Waals surface area contributed by atoms with Crippen LogP contribution in [-0.4, -0.2) is 36.6 Å². The lowest BCUT2D eigenvalue weighted by Gasteiger charge is -2.18. The monoisotopic (exact) mass is 411 g/mol. The molecule has 0 saturated heterocycles. The molecule has 0 saturated carbocycles. The highest BCUT2D eigenvalue weighted by atomic mass is 32.1. The minimum absolute atomic E-state index is 0.0320. The van der Waals surface area contributed by atoms with Crippen LogP contribution in [0.4, 0.5) is 11.4 Å². The standard InChI is InChI=1S/C21H21N3O4S/c1-3-28-19(26)13-12-18(25)23-21(29)22-16-9-7-8-15(14-16)20(27)24(2)17-10-5-4-6-11-17/h4-14H,3H2,1-2H3,(H2,22,23,25,29)/b13-12+. The van der Waals surface area contributed by atoms with E-state index in [2.05, 4.69) is 15.4 Å². The van der Waals surface area contributed by atoms with Crippen LogP contribution in [0.25, 0.3) is 0 Å². The molecule has 29 heavy (non-hydrogen) atoms. The second kappa shape index (κ2) is 10.7. The highest BCUT2D eigenvalue weighted by molar-refractivity contribution is 7.80. The molecule has 0 unspecified atom stereocenters. The Hall–Kier alpha value is -3.52.